The molecule has 164 valence electrons. The van der Waals surface area contributed by atoms with Crippen LogP contribution in [-0.2, 0) is 13.1 Å². The highest BCUT2D eigenvalue weighted by Gasteiger charge is 2.19. The van der Waals surface area contributed by atoms with Crippen molar-refractivity contribution in [2.75, 3.05) is 23.7 Å². The SMILES string of the molecule is Cc1cc(N)nc(C)c1CNC(=O)c1cn2c(n1)C=Nc1cc(N3CCCC3)ccc1C2. The first-order chi connectivity index (χ1) is 15.5. The second-order valence-corrected chi connectivity index (χ2v) is 8.49. The Bertz CT molecular complexity index is 1200. The van der Waals surface area contributed by atoms with E-state index < -0.39 is 0 Å². The zero-order valence-corrected chi connectivity index (χ0v) is 18.4. The molecule has 5 rings (SSSR count). The third-order valence-corrected chi connectivity index (χ3v) is 6.24. The smallest absolute Gasteiger partial charge is 0.271 e. The van der Waals surface area contributed by atoms with Gasteiger partial charge in [-0.25, -0.2) is 9.97 Å². The summed E-state index contributed by atoms with van der Waals surface area (Å²) in [4.78, 5) is 28.6. The molecule has 3 aromatic rings. The first-order valence-corrected chi connectivity index (χ1v) is 11.0. The van der Waals surface area contributed by atoms with Crippen LogP contribution in [0.25, 0.3) is 0 Å². The van der Waals surface area contributed by atoms with Crippen LogP contribution in [0.15, 0.2) is 35.5 Å². The van der Waals surface area contributed by atoms with Gasteiger partial charge in [0.2, 0.25) is 0 Å². The van der Waals surface area contributed by atoms with Crippen molar-refractivity contribution in [1.29, 1.82) is 0 Å². The van der Waals surface area contributed by atoms with Gasteiger partial charge in [-0.3, -0.25) is 9.79 Å². The summed E-state index contributed by atoms with van der Waals surface area (Å²) < 4.78 is 1.97. The predicted molar refractivity (Wildman–Crippen MR) is 126 cm³/mol. The number of rotatable bonds is 4. The molecular weight excluding hydrogens is 402 g/mol. The molecule has 1 aromatic carbocycles. The van der Waals surface area contributed by atoms with Gasteiger partial charge in [0.25, 0.3) is 5.91 Å². The van der Waals surface area contributed by atoms with E-state index in [4.69, 9.17) is 5.73 Å². The molecule has 4 heterocycles. The summed E-state index contributed by atoms with van der Waals surface area (Å²) in [5.41, 5.74) is 12.3. The number of amides is 1. The summed E-state index contributed by atoms with van der Waals surface area (Å²) >= 11 is 0. The summed E-state index contributed by atoms with van der Waals surface area (Å²) in [5, 5.41) is 2.95. The molecule has 2 aromatic heterocycles. The van der Waals surface area contributed by atoms with Gasteiger partial charge in [0.1, 0.15) is 11.5 Å². The number of nitrogens with one attached hydrogen (secondary N) is 1. The molecule has 0 saturated carbocycles. The first-order valence-electron chi connectivity index (χ1n) is 11.0. The minimum atomic E-state index is -0.223. The van der Waals surface area contributed by atoms with Crippen molar-refractivity contribution in [3.8, 4) is 0 Å². The summed E-state index contributed by atoms with van der Waals surface area (Å²) in [6.07, 6.45) is 6.03. The highest BCUT2D eigenvalue weighted by Crippen LogP contribution is 2.30. The van der Waals surface area contributed by atoms with E-state index in [2.05, 4.69) is 43.4 Å². The van der Waals surface area contributed by atoms with Gasteiger partial charge in [-0.15, -0.1) is 0 Å². The number of benzene rings is 1. The van der Waals surface area contributed by atoms with Crippen LogP contribution in [0.1, 0.15) is 51.5 Å². The highest BCUT2D eigenvalue weighted by molar-refractivity contribution is 5.93. The second kappa shape index (κ2) is 8.11. The van der Waals surface area contributed by atoms with Crippen molar-refractivity contribution < 1.29 is 4.79 Å². The van der Waals surface area contributed by atoms with E-state index in [0.29, 0.717) is 30.4 Å². The Kier molecular flexibility index (Phi) is 5.13. The maximum Gasteiger partial charge on any atom is 0.271 e. The molecule has 1 fully saturated rings. The number of hydrogen-bond acceptors (Lipinski definition) is 6. The van der Waals surface area contributed by atoms with Crippen LogP contribution in [0, 0.1) is 13.8 Å². The van der Waals surface area contributed by atoms with Gasteiger partial charge >= 0.3 is 0 Å². The molecule has 8 nitrogen and oxygen atoms in total. The van der Waals surface area contributed by atoms with Gasteiger partial charge < -0.3 is 20.5 Å². The zero-order valence-electron chi connectivity index (χ0n) is 18.4. The molecule has 1 saturated heterocycles. The number of pyridine rings is 1. The number of aromatic nitrogens is 3. The molecule has 3 N–H and O–H groups in total. The van der Waals surface area contributed by atoms with Gasteiger partial charge in [-0.05, 0) is 61.6 Å². The Balaban J connectivity index is 1.32. The molecule has 2 aliphatic rings. The topological polar surface area (TPSA) is 101 Å². The van der Waals surface area contributed by atoms with Crippen molar-refractivity contribution in [3.63, 3.8) is 0 Å². The highest BCUT2D eigenvalue weighted by atomic mass is 16.1. The second-order valence-electron chi connectivity index (χ2n) is 8.49. The minimum Gasteiger partial charge on any atom is -0.384 e. The molecule has 8 heteroatoms. The summed E-state index contributed by atoms with van der Waals surface area (Å²) in [7, 11) is 0. The Morgan fingerprint density at radius 1 is 1.16 bits per heavy atom. The van der Waals surface area contributed by atoms with Crippen molar-refractivity contribution >= 4 is 29.3 Å². The number of fused-ring (bicyclic) bond motifs is 2. The van der Waals surface area contributed by atoms with E-state index in [-0.39, 0.29) is 5.91 Å². The van der Waals surface area contributed by atoms with Crippen molar-refractivity contribution in [1.82, 2.24) is 19.9 Å². The maximum absolute atomic E-state index is 12.8. The van der Waals surface area contributed by atoms with E-state index in [1.54, 1.807) is 12.4 Å². The van der Waals surface area contributed by atoms with Crippen molar-refractivity contribution in [2.45, 2.75) is 39.8 Å². The lowest BCUT2D eigenvalue weighted by Crippen LogP contribution is -2.24. The third kappa shape index (κ3) is 3.84. The van der Waals surface area contributed by atoms with Gasteiger partial charge in [0, 0.05) is 37.2 Å². The van der Waals surface area contributed by atoms with Crippen LogP contribution in [0.5, 0.6) is 0 Å². The molecule has 0 aliphatic carbocycles. The van der Waals surface area contributed by atoms with Gasteiger partial charge in [0.15, 0.2) is 5.82 Å². The zero-order chi connectivity index (χ0) is 22.2. The van der Waals surface area contributed by atoms with Crippen LogP contribution < -0.4 is 16.0 Å². The van der Waals surface area contributed by atoms with Crippen LogP contribution in [0.4, 0.5) is 17.2 Å². The molecule has 0 atom stereocenters. The Morgan fingerprint density at radius 3 is 2.75 bits per heavy atom. The lowest BCUT2D eigenvalue weighted by molar-refractivity contribution is 0.0946. The van der Waals surface area contributed by atoms with Crippen LogP contribution >= 0.6 is 0 Å². The van der Waals surface area contributed by atoms with Crippen LogP contribution in [-0.4, -0.2) is 39.7 Å². The molecular formula is C24H27N7O. The summed E-state index contributed by atoms with van der Waals surface area (Å²) in [6.45, 7) is 7.08. The van der Waals surface area contributed by atoms with Gasteiger partial charge in [0.05, 0.1) is 18.4 Å². The summed E-state index contributed by atoms with van der Waals surface area (Å²) in [6, 6.07) is 8.27. The number of imidazole rings is 1. The normalized spacial score (nSPS) is 14.8. The van der Waals surface area contributed by atoms with Crippen LogP contribution in [0.2, 0.25) is 0 Å². The number of carbonyl (C=O) groups is 1. The van der Waals surface area contributed by atoms with Crippen molar-refractivity contribution in [3.05, 3.63) is 64.4 Å². The molecule has 2 aliphatic heterocycles. The standard InChI is InChI=1S/C24H27N7O/c1-15-9-22(25)28-16(2)19(15)11-27-24(32)21-14-31-13-17-5-6-18(30-7-3-4-8-30)10-20(17)26-12-23(31)29-21/h5-6,9-10,12,14H,3-4,7-8,11,13H2,1-2H3,(H2,25,28)(H,27,32). The molecule has 0 bridgehead atoms. The van der Waals surface area contributed by atoms with Gasteiger partial charge in [-0.1, -0.05) is 6.07 Å². The molecule has 1 amide bonds. The molecule has 0 unspecified atom stereocenters. The van der Waals surface area contributed by atoms with E-state index in [9.17, 15) is 4.79 Å². The maximum atomic E-state index is 12.8. The van der Waals surface area contributed by atoms with Crippen molar-refractivity contribution in [2.24, 2.45) is 4.99 Å². The lowest BCUT2D eigenvalue weighted by Gasteiger charge is -2.18. The number of aryl methyl sites for hydroxylation is 2. The number of nitrogens with zero attached hydrogens (tertiary/aromatic N) is 5. The Hall–Kier alpha value is -3.68. The molecule has 32 heavy (non-hydrogen) atoms. The fourth-order valence-corrected chi connectivity index (χ4v) is 4.47. The van der Waals surface area contributed by atoms with E-state index >= 15 is 0 Å². The fourth-order valence-electron chi connectivity index (χ4n) is 4.47. The Labute approximate surface area is 187 Å². The van der Waals surface area contributed by atoms with Crippen LogP contribution in [0.3, 0.4) is 0 Å². The monoisotopic (exact) mass is 429 g/mol. The summed E-state index contributed by atoms with van der Waals surface area (Å²) in [5.74, 6) is 0.940. The average molecular weight is 430 g/mol. The van der Waals surface area contributed by atoms with E-state index in [1.165, 1.54) is 18.5 Å². The number of anilines is 2. The minimum absolute atomic E-state index is 0.223. The number of nitrogen functional groups attached to an aromatic ring is 1. The predicted octanol–water partition coefficient (Wildman–Crippen LogP) is 3.12. The van der Waals surface area contributed by atoms with E-state index in [0.717, 1.165) is 41.2 Å². The molecule has 0 spiro atoms. The molecule has 0 radical (unpaired) electrons. The fraction of sp³-hybridized carbons (Fsp3) is 0.333. The number of aliphatic imine (C=N–C) groups is 1. The number of carbonyl (C=O) groups excluding carboxylic acids is 1. The quantitative estimate of drug-likeness (QED) is 0.519. The van der Waals surface area contributed by atoms with E-state index in [1.807, 2.05) is 24.5 Å². The number of nitrogens with two attached hydrogens (primary N) is 1. The van der Waals surface area contributed by atoms with Gasteiger partial charge in [-0.2, -0.15) is 0 Å². The largest absolute Gasteiger partial charge is 0.384 e. The third-order valence-electron chi connectivity index (χ3n) is 6.24. The average Bonchev–Trinajstić information content (AvgIpc) is 3.40. The Morgan fingerprint density at radius 2 is 1.97 bits per heavy atom. The number of hydrogen-bond donors (Lipinski definition) is 2. The lowest BCUT2D eigenvalue weighted by atomic mass is 10.1. The first kappa shape index (κ1) is 20.2.